The number of nitrogens with zero attached hydrogens (tertiary/aromatic N) is 6. The monoisotopic (exact) mass is 393 g/mol. The Bertz CT molecular complexity index is 1150. The number of hydrogen-bond donors (Lipinski definition) is 1. The fraction of sp³-hybridized carbons (Fsp3) is 0.400. The summed E-state index contributed by atoms with van der Waals surface area (Å²) in [6, 6.07) is 6.18. The Balaban J connectivity index is 1.70. The average molecular weight is 393 g/mol. The number of benzene rings is 1. The first-order valence-electron chi connectivity index (χ1n) is 9.75. The van der Waals surface area contributed by atoms with Gasteiger partial charge in [-0.25, -0.2) is 14.6 Å². The minimum absolute atomic E-state index is 0.0628. The molecule has 4 aromatic rings. The number of imidazole rings is 1. The molecule has 0 radical (unpaired) electrons. The second-order valence-electron chi connectivity index (χ2n) is 7.24. The molecular weight excluding hydrogens is 370 g/mol. The zero-order valence-corrected chi connectivity index (χ0v) is 16.5. The smallest absolute Gasteiger partial charge is 0.228 e. The third-order valence-electron chi connectivity index (χ3n) is 5.25. The van der Waals surface area contributed by atoms with Crippen molar-refractivity contribution >= 4 is 28.0 Å². The quantitative estimate of drug-likeness (QED) is 0.556. The molecule has 1 atom stereocenters. The van der Waals surface area contributed by atoms with Crippen molar-refractivity contribution in [2.45, 2.75) is 13.0 Å². The fourth-order valence-corrected chi connectivity index (χ4v) is 3.76. The number of rotatable bonds is 5. The molecule has 9 nitrogen and oxygen atoms in total. The lowest BCUT2D eigenvalue weighted by Gasteiger charge is -2.27. The fourth-order valence-electron chi connectivity index (χ4n) is 3.76. The van der Waals surface area contributed by atoms with E-state index in [0.717, 1.165) is 46.4 Å². The Labute approximate surface area is 167 Å². The number of hydrogen-bond acceptors (Lipinski definition) is 7. The van der Waals surface area contributed by atoms with E-state index in [-0.39, 0.29) is 6.04 Å². The second-order valence-corrected chi connectivity index (χ2v) is 7.24. The topological polar surface area (TPSA) is 94.0 Å². The summed E-state index contributed by atoms with van der Waals surface area (Å²) in [5.41, 5.74) is 4.58. The summed E-state index contributed by atoms with van der Waals surface area (Å²) >= 11 is 0. The van der Waals surface area contributed by atoms with E-state index in [0.29, 0.717) is 25.8 Å². The summed E-state index contributed by atoms with van der Waals surface area (Å²) in [6.45, 7) is 5.52. The molecule has 0 amide bonds. The van der Waals surface area contributed by atoms with Gasteiger partial charge in [0.2, 0.25) is 5.95 Å². The Morgan fingerprint density at radius 1 is 1.24 bits per heavy atom. The lowest BCUT2D eigenvalue weighted by atomic mass is 10.1. The number of H-pyrrole nitrogens is 1. The van der Waals surface area contributed by atoms with Crippen LogP contribution in [0.2, 0.25) is 0 Å². The molecule has 3 aromatic heterocycles. The Morgan fingerprint density at radius 2 is 2.10 bits per heavy atom. The molecular formula is C20H23N7O2. The Morgan fingerprint density at radius 3 is 2.93 bits per heavy atom. The van der Waals surface area contributed by atoms with Crippen molar-refractivity contribution < 1.29 is 9.47 Å². The maximum Gasteiger partial charge on any atom is 0.228 e. The molecule has 1 aliphatic rings. The van der Waals surface area contributed by atoms with Crippen molar-refractivity contribution in [3.05, 3.63) is 30.7 Å². The van der Waals surface area contributed by atoms with Crippen LogP contribution in [0.1, 0.15) is 13.0 Å². The maximum absolute atomic E-state index is 5.50. The molecule has 0 spiro atoms. The van der Waals surface area contributed by atoms with Crippen LogP contribution >= 0.6 is 0 Å². The SMILES string of the molecule is COCC(C)n1ncc2c(-c3ccc4nc[nH]c4c3)nc(N3CCOCC3)nc21. The molecule has 0 bridgehead atoms. The van der Waals surface area contributed by atoms with Crippen molar-refractivity contribution in [2.75, 3.05) is 44.9 Å². The molecule has 1 saturated heterocycles. The van der Waals surface area contributed by atoms with E-state index in [1.807, 2.05) is 23.0 Å². The van der Waals surface area contributed by atoms with Gasteiger partial charge < -0.3 is 19.4 Å². The van der Waals surface area contributed by atoms with E-state index in [1.165, 1.54) is 0 Å². The van der Waals surface area contributed by atoms with Gasteiger partial charge in [0.1, 0.15) is 0 Å². The highest BCUT2D eigenvalue weighted by Gasteiger charge is 2.21. The first kappa shape index (κ1) is 18.0. The highest BCUT2D eigenvalue weighted by atomic mass is 16.5. The highest BCUT2D eigenvalue weighted by Crippen LogP contribution is 2.31. The molecule has 0 saturated carbocycles. The number of anilines is 1. The molecule has 150 valence electrons. The van der Waals surface area contributed by atoms with Gasteiger partial charge in [0.15, 0.2) is 5.65 Å². The minimum atomic E-state index is 0.0628. The normalized spacial score (nSPS) is 16.0. The summed E-state index contributed by atoms with van der Waals surface area (Å²) in [7, 11) is 1.70. The molecule has 1 unspecified atom stereocenters. The van der Waals surface area contributed by atoms with E-state index in [9.17, 15) is 0 Å². The zero-order valence-electron chi connectivity index (χ0n) is 16.5. The standard InChI is InChI=1S/C20H23N7O2/c1-13(11-28-2)27-19-15(10-23-27)18(14-3-4-16-17(9-14)22-12-21-16)24-20(25-19)26-5-7-29-8-6-26/h3-4,9-10,12-13H,5-8,11H2,1-2H3,(H,21,22). The van der Waals surface area contributed by atoms with Crippen LogP contribution in [0.4, 0.5) is 5.95 Å². The summed E-state index contributed by atoms with van der Waals surface area (Å²) < 4.78 is 12.8. The number of aromatic amines is 1. The molecule has 1 fully saturated rings. The lowest BCUT2D eigenvalue weighted by Crippen LogP contribution is -2.37. The molecule has 1 N–H and O–H groups in total. The average Bonchev–Trinajstić information content (AvgIpc) is 3.40. The Kier molecular flexibility index (Phi) is 4.61. The first-order valence-corrected chi connectivity index (χ1v) is 9.75. The van der Waals surface area contributed by atoms with Crippen molar-refractivity contribution in [3.63, 3.8) is 0 Å². The van der Waals surface area contributed by atoms with E-state index in [2.05, 4.69) is 33.0 Å². The van der Waals surface area contributed by atoms with Crippen LogP contribution in [-0.4, -0.2) is 69.7 Å². The van der Waals surface area contributed by atoms with Crippen LogP contribution in [0, 0.1) is 0 Å². The van der Waals surface area contributed by atoms with Crippen LogP contribution in [0.25, 0.3) is 33.3 Å². The van der Waals surface area contributed by atoms with Gasteiger partial charge >= 0.3 is 0 Å². The van der Waals surface area contributed by atoms with Gasteiger partial charge in [-0.1, -0.05) is 6.07 Å². The van der Waals surface area contributed by atoms with Gasteiger partial charge in [-0.05, 0) is 19.1 Å². The molecule has 1 aromatic carbocycles. The van der Waals surface area contributed by atoms with Crippen LogP contribution in [0.15, 0.2) is 30.7 Å². The summed E-state index contributed by atoms with van der Waals surface area (Å²) in [5.74, 6) is 0.701. The molecule has 1 aliphatic heterocycles. The number of aromatic nitrogens is 6. The largest absolute Gasteiger partial charge is 0.382 e. The summed E-state index contributed by atoms with van der Waals surface area (Å²) in [4.78, 5) is 19.5. The molecule has 9 heteroatoms. The summed E-state index contributed by atoms with van der Waals surface area (Å²) in [5, 5.41) is 5.53. The maximum atomic E-state index is 5.50. The van der Waals surface area contributed by atoms with Gasteiger partial charge in [-0.2, -0.15) is 10.1 Å². The number of ether oxygens (including phenoxy) is 2. The molecule has 0 aliphatic carbocycles. The van der Waals surface area contributed by atoms with Crippen LogP contribution in [-0.2, 0) is 9.47 Å². The van der Waals surface area contributed by atoms with Crippen LogP contribution in [0.3, 0.4) is 0 Å². The van der Waals surface area contributed by atoms with Crippen LogP contribution < -0.4 is 4.90 Å². The first-order chi connectivity index (χ1) is 14.2. The van der Waals surface area contributed by atoms with Gasteiger partial charge in [-0.15, -0.1) is 0 Å². The van der Waals surface area contributed by atoms with E-state index in [4.69, 9.17) is 19.4 Å². The molecule has 4 heterocycles. The van der Waals surface area contributed by atoms with E-state index >= 15 is 0 Å². The number of fused-ring (bicyclic) bond motifs is 2. The molecule has 5 rings (SSSR count). The third-order valence-corrected chi connectivity index (χ3v) is 5.25. The summed E-state index contributed by atoms with van der Waals surface area (Å²) in [6.07, 6.45) is 3.55. The van der Waals surface area contributed by atoms with Gasteiger partial charge in [-0.3, -0.25) is 0 Å². The van der Waals surface area contributed by atoms with Crippen LogP contribution in [0.5, 0.6) is 0 Å². The second kappa shape index (κ2) is 7.41. The predicted octanol–water partition coefficient (Wildman–Crippen LogP) is 2.41. The predicted molar refractivity (Wildman–Crippen MR) is 110 cm³/mol. The van der Waals surface area contributed by atoms with Crippen molar-refractivity contribution in [2.24, 2.45) is 0 Å². The Hall–Kier alpha value is -3.04. The number of nitrogens with one attached hydrogen (secondary N) is 1. The van der Waals surface area contributed by atoms with Crippen molar-refractivity contribution in [1.29, 1.82) is 0 Å². The van der Waals surface area contributed by atoms with E-state index in [1.54, 1.807) is 13.4 Å². The van der Waals surface area contributed by atoms with Crippen molar-refractivity contribution in [1.82, 2.24) is 29.7 Å². The van der Waals surface area contributed by atoms with Crippen molar-refractivity contribution in [3.8, 4) is 11.3 Å². The number of methoxy groups -OCH3 is 1. The van der Waals surface area contributed by atoms with Gasteiger partial charge in [0, 0.05) is 25.8 Å². The highest BCUT2D eigenvalue weighted by molar-refractivity contribution is 5.93. The van der Waals surface area contributed by atoms with Gasteiger partial charge in [0.05, 0.1) is 60.5 Å². The minimum Gasteiger partial charge on any atom is -0.382 e. The van der Waals surface area contributed by atoms with Gasteiger partial charge in [0.25, 0.3) is 0 Å². The lowest BCUT2D eigenvalue weighted by molar-refractivity contribution is 0.122. The third kappa shape index (κ3) is 3.22. The molecule has 29 heavy (non-hydrogen) atoms. The zero-order chi connectivity index (χ0) is 19.8. The van der Waals surface area contributed by atoms with E-state index < -0.39 is 0 Å². The number of morpholine rings is 1.